The summed E-state index contributed by atoms with van der Waals surface area (Å²) in [7, 11) is 3.65. The summed E-state index contributed by atoms with van der Waals surface area (Å²) < 4.78 is 7.22. The number of aromatic nitrogens is 3. The van der Waals surface area contributed by atoms with Crippen LogP contribution in [0.15, 0.2) is 53.7 Å². The van der Waals surface area contributed by atoms with Crippen molar-refractivity contribution < 1.29 is 9.53 Å². The molecule has 1 heterocycles. The summed E-state index contributed by atoms with van der Waals surface area (Å²) in [6.45, 7) is 0. The average Bonchev–Trinajstić information content (AvgIpc) is 3.50. The number of ether oxygens (including phenoxy) is 1. The lowest BCUT2D eigenvalue weighted by atomic mass is 10.1. The summed E-state index contributed by atoms with van der Waals surface area (Å²) in [6, 6.07) is 14.9. The van der Waals surface area contributed by atoms with Crippen LogP contribution >= 0.6 is 11.8 Å². The van der Waals surface area contributed by atoms with Crippen LogP contribution < -0.4 is 10.1 Å². The van der Waals surface area contributed by atoms with E-state index in [1.807, 2.05) is 55.6 Å². The first-order valence-corrected chi connectivity index (χ1v) is 10.2. The third kappa shape index (κ3) is 4.20. The van der Waals surface area contributed by atoms with E-state index in [0.29, 0.717) is 11.5 Å². The molecule has 0 unspecified atom stereocenters. The third-order valence-electron chi connectivity index (χ3n) is 4.74. The first kappa shape index (κ1) is 18.6. The fourth-order valence-electron chi connectivity index (χ4n) is 2.93. The van der Waals surface area contributed by atoms with Crippen LogP contribution in [0.1, 0.15) is 40.5 Å². The molecule has 0 aliphatic heterocycles. The number of anilines is 1. The maximum atomic E-state index is 12.4. The van der Waals surface area contributed by atoms with Gasteiger partial charge in [-0.1, -0.05) is 23.9 Å². The molecule has 0 radical (unpaired) electrons. The minimum Gasteiger partial charge on any atom is -0.497 e. The van der Waals surface area contributed by atoms with E-state index in [1.165, 1.54) is 12.8 Å². The second kappa shape index (κ2) is 8.06. The Bertz CT molecular complexity index is 963. The predicted molar refractivity (Wildman–Crippen MR) is 110 cm³/mol. The standard InChI is InChI=1S/C21H22N4O2S/c1-25-19(15-7-8-15)23-24-21(25)28-13-14-3-5-16(6-4-14)20(26)22-17-9-11-18(27-2)12-10-17/h3-6,9-12,15H,7-8,13H2,1-2H3,(H,22,26). The van der Waals surface area contributed by atoms with Crippen molar-refractivity contribution >= 4 is 23.4 Å². The van der Waals surface area contributed by atoms with Crippen LogP contribution in [0.2, 0.25) is 0 Å². The van der Waals surface area contributed by atoms with Gasteiger partial charge in [0.05, 0.1) is 7.11 Å². The molecule has 0 saturated heterocycles. The fraction of sp³-hybridized carbons (Fsp3) is 0.286. The monoisotopic (exact) mass is 394 g/mol. The topological polar surface area (TPSA) is 69.0 Å². The number of hydrogen-bond acceptors (Lipinski definition) is 5. The van der Waals surface area contributed by atoms with E-state index < -0.39 is 0 Å². The highest BCUT2D eigenvalue weighted by Crippen LogP contribution is 2.39. The lowest BCUT2D eigenvalue weighted by molar-refractivity contribution is 0.102. The molecule has 1 saturated carbocycles. The highest BCUT2D eigenvalue weighted by atomic mass is 32.2. The van der Waals surface area contributed by atoms with Crippen LogP contribution in [0.5, 0.6) is 5.75 Å². The van der Waals surface area contributed by atoms with E-state index in [4.69, 9.17) is 4.74 Å². The number of methoxy groups -OCH3 is 1. The first-order chi connectivity index (χ1) is 13.6. The minimum absolute atomic E-state index is 0.133. The Labute approximate surface area is 168 Å². The van der Waals surface area contributed by atoms with Gasteiger partial charge in [-0.15, -0.1) is 10.2 Å². The number of nitrogens with zero attached hydrogens (tertiary/aromatic N) is 3. The Kier molecular flexibility index (Phi) is 5.34. The van der Waals surface area contributed by atoms with E-state index in [9.17, 15) is 4.79 Å². The Morgan fingerprint density at radius 3 is 2.50 bits per heavy atom. The normalized spacial score (nSPS) is 13.4. The quantitative estimate of drug-likeness (QED) is 0.607. The van der Waals surface area contributed by atoms with Gasteiger partial charge in [0.1, 0.15) is 11.6 Å². The minimum atomic E-state index is -0.133. The van der Waals surface area contributed by atoms with Crippen LogP contribution in [0, 0.1) is 0 Å². The van der Waals surface area contributed by atoms with Crippen molar-refractivity contribution in [1.29, 1.82) is 0 Å². The lowest BCUT2D eigenvalue weighted by Crippen LogP contribution is -2.11. The van der Waals surface area contributed by atoms with Crippen LogP contribution in [-0.2, 0) is 12.8 Å². The molecule has 144 valence electrons. The van der Waals surface area contributed by atoms with Gasteiger partial charge in [-0.2, -0.15) is 0 Å². The molecular formula is C21H22N4O2S. The molecule has 7 heteroatoms. The van der Waals surface area contributed by atoms with E-state index >= 15 is 0 Å². The first-order valence-electron chi connectivity index (χ1n) is 9.20. The highest BCUT2D eigenvalue weighted by molar-refractivity contribution is 7.98. The van der Waals surface area contributed by atoms with Crippen LogP contribution in [0.25, 0.3) is 0 Å². The molecule has 1 amide bonds. The number of benzene rings is 2. The summed E-state index contributed by atoms with van der Waals surface area (Å²) in [6.07, 6.45) is 2.44. The van der Waals surface area contributed by atoms with Gasteiger partial charge in [-0.25, -0.2) is 0 Å². The SMILES string of the molecule is COc1ccc(NC(=O)c2ccc(CSc3nnc(C4CC4)n3C)cc2)cc1. The van der Waals surface area contributed by atoms with E-state index in [-0.39, 0.29) is 5.91 Å². The van der Waals surface area contributed by atoms with Gasteiger partial charge in [0.25, 0.3) is 5.91 Å². The maximum absolute atomic E-state index is 12.4. The van der Waals surface area contributed by atoms with Crippen molar-refractivity contribution in [2.24, 2.45) is 7.05 Å². The van der Waals surface area contributed by atoms with Crippen LogP contribution in [0.3, 0.4) is 0 Å². The van der Waals surface area contributed by atoms with E-state index in [1.54, 1.807) is 18.9 Å². The van der Waals surface area contributed by atoms with Crippen molar-refractivity contribution in [3.63, 3.8) is 0 Å². The Morgan fingerprint density at radius 1 is 1.14 bits per heavy atom. The molecule has 1 N–H and O–H groups in total. The maximum Gasteiger partial charge on any atom is 0.255 e. The molecule has 28 heavy (non-hydrogen) atoms. The zero-order chi connectivity index (χ0) is 19.5. The fourth-order valence-corrected chi connectivity index (χ4v) is 3.80. The second-order valence-corrected chi connectivity index (χ2v) is 7.78. The number of nitrogens with one attached hydrogen (secondary N) is 1. The summed E-state index contributed by atoms with van der Waals surface area (Å²) in [4.78, 5) is 12.4. The van der Waals surface area contributed by atoms with Gasteiger partial charge < -0.3 is 14.6 Å². The molecule has 6 nitrogen and oxygen atoms in total. The molecule has 1 fully saturated rings. The summed E-state index contributed by atoms with van der Waals surface area (Å²) in [5.41, 5.74) is 2.50. The molecule has 0 bridgehead atoms. The van der Waals surface area contributed by atoms with Gasteiger partial charge >= 0.3 is 0 Å². The highest BCUT2D eigenvalue weighted by Gasteiger charge is 2.29. The van der Waals surface area contributed by atoms with Crippen molar-refractivity contribution in [3.05, 3.63) is 65.5 Å². The van der Waals surface area contributed by atoms with Crippen molar-refractivity contribution in [2.75, 3.05) is 12.4 Å². The van der Waals surface area contributed by atoms with Crippen molar-refractivity contribution in [2.45, 2.75) is 29.7 Å². The van der Waals surface area contributed by atoms with E-state index in [0.717, 1.165) is 33.7 Å². The molecule has 3 aromatic rings. The Morgan fingerprint density at radius 2 is 1.86 bits per heavy atom. The molecular weight excluding hydrogens is 372 g/mol. The van der Waals surface area contributed by atoms with Gasteiger partial charge in [-0.05, 0) is 54.8 Å². The zero-order valence-corrected chi connectivity index (χ0v) is 16.7. The number of rotatable bonds is 7. The number of hydrogen-bond donors (Lipinski definition) is 1. The molecule has 2 aromatic carbocycles. The number of amides is 1. The summed E-state index contributed by atoms with van der Waals surface area (Å²) in [5.74, 6) is 3.10. The molecule has 4 rings (SSSR count). The average molecular weight is 395 g/mol. The number of thioether (sulfide) groups is 1. The molecule has 1 aromatic heterocycles. The van der Waals surface area contributed by atoms with Gasteiger partial charge in [0, 0.05) is 30.0 Å². The number of carbonyl (C=O) groups excluding carboxylic acids is 1. The Hall–Kier alpha value is -2.80. The molecule has 1 aliphatic rings. The zero-order valence-electron chi connectivity index (χ0n) is 15.9. The largest absolute Gasteiger partial charge is 0.497 e. The van der Waals surface area contributed by atoms with E-state index in [2.05, 4.69) is 20.1 Å². The van der Waals surface area contributed by atoms with Gasteiger partial charge in [-0.3, -0.25) is 4.79 Å². The third-order valence-corrected chi connectivity index (χ3v) is 5.83. The molecule has 0 atom stereocenters. The second-order valence-electron chi connectivity index (χ2n) is 6.84. The smallest absolute Gasteiger partial charge is 0.255 e. The molecule has 0 spiro atoms. The summed E-state index contributed by atoms with van der Waals surface area (Å²) in [5, 5.41) is 12.4. The van der Waals surface area contributed by atoms with Gasteiger partial charge in [0.15, 0.2) is 5.16 Å². The van der Waals surface area contributed by atoms with Crippen LogP contribution in [0.4, 0.5) is 5.69 Å². The molecule has 1 aliphatic carbocycles. The number of carbonyl (C=O) groups is 1. The van der Waals surface area contributed by atoms with Crippen LogP contribution in [-0.4, -0.2) is 27.8 Å². The Balaban J connectivity index is 1.34. The van der Waals surface area contributed by atoms with Gasteiger partial charge in [0.2, 0.25) is 0 Å². The lowest BCUT2D eigenvalue weighted by Gasteiger charge is -2.07. The summed E-state index contributed by atoms with van der Waals surface area (Å²) >= 11 is 1.66. The van der Waals surface area contributed by atoms with Crippen molar-refractivity contribution in [1.82, 2.24) is 14.8 Å². The van der Waals surface area contributed by atoms with Crippen molar-refractivity contribution in [3.8, 4) is 5.75 Å². The predicted octanol–water partition coefficient (Wildman–Crippen LogP) is 4.25.